The molecule has 0 heterocycles. The Balaban J connectivity index is 4.43. The van der Waals surface area contributed by atoms with Crippen LogP contribution in [0.25, 0.3) is 0 Å². The molecule has 0 bridgehead atoms. The molecule has 0 saturated heterocycles. The van der Waals surface area contributed by atoms with Gasteiger partial charge in [0.2, 0.25) is 0 Å². The van der Waals surface area contributed by atoms with Gasteiger partial charge in [-0.3, -0.25) is 9.69 Å². The fourth-order valence-electron chi connectivity index (χ4n) is 2.50. The average Bonchev–Trinajstić information content (AvgIpc) is 2.28. The molecule has 0 aromatic heterocycles. The molecule has 0 aliphatic rings. The van der Waals surface area contributed by atoms with Crippen LogP contribution < -0.4 is 5.73 Å². The van der Waals surface area contributed by atoms with Crippen LogP contribution in [0, 0.1) is 5.92 Å². The number of nitrogens with two attached hydrogens (primary N) is 1. The molecule has 0 rings (SSSR count). The molecule has 0 aromatic rings. The van der Waals surface area contributed by atoms with E-state index in [1.807, 2.05) is 13.8 Å². The third-order valence-corrected chi connectivity index (χ3v) is 3.71. The van der Waals surface area contributed by atoms with Gasteiger partial charge in [-0.05, 0) is 47.5 Å². The number of carbonyl (C=O) groups excluding carboxylic acids is 1. The van der Waals surface area contributed by atoms with Gasteiger partial charge in [0.1, 0.15) is 12.6 Å². The second-order valence-electron chi connectivity index (χ2n) is 7.57. The summed E-state index contributed by atoms with van der Waals surface area (Å²) < 4.78 is 5.34. The van der Waals surface area contributed by atoms with Crippen molar-refractivity contribution in [3.05, 3.63) is 0 Å². The van der Waals surface area contributed by atoms with Gasteiger partial charge in [-0.15, -0.1) is 0 Å². The normalized spacial score (nSPS) is 16.1. The summed E-state index contributed by atoms with van der Waals surface area (Å²) in [5, 5.41) is 0. The predicted octanol–water partition coefficient (Wildman–Crippen LogP) is 2.80. The summed E-state index contributed by atoms with van der Waals surface area (Å²) in [7, 11) is 0. The monoisotopic (exact) mass is 286 g/mol. The minimum atomic E-state index is -0.516. The fourth-order valence-corrected chi connectivity index (χ4v) is 2.50. The van der Waals surface area contributed by atoms with Gasteiger partial charge in [-0.1, -0.05) is 20.3 Å². The van der Waals surface area contributed by atoms with Crippen LogP contribution in [0.5, 0.6) is 0 Å². The van der Waals surface area contributed by atoms with E-state index in [0.29, 0.717) is 13.2 Å². The molecule has 0 amide bonds. The minimum Gasteiger partial charge on any atom is -0.463 e. The standard InChI is InChI=1S/C16H34N2O2/c1-9-12(2)13(17)14(19)20-11-10-18(15(3,4)5)16(6,7)8/h12-13H,9-11,17H2,1-8H3. The van der Waals surface area contributed by atoms with Crippen molar-refractivity contribution >= 4 is 5.97 Å². The van der Waals surface area contributed by atoms with E-state index in [-0.39, 0.29) is 23.0 Å². The van der Waals surface area contributed by atoms with E-state index in [1.165, 1.54) is 0 Å². The summed E-state index contributed by atoms with van der Waals surface area (Å²) >= 11 is 0. The van der Waals surface area contributed by atoms with Gasteiger partial charge in [0, 0.05) is 17.6 Å². The van der Waals surface area contributed by atoms with E-state index in [1.54, 1.807) is 0 Å². The first-order valence-electron chi connectivity index (χ1n) is 7.61. The Morgan fingerprint density at radius 3 is 1.95 bits per heavy atom. The largest absolute Gasteiger partial charge is 0.463 e. The number of esters is 1. The maximum Gasteiger partial charge on any atom is 0.323 e. The zero-order valence-electron chi connectivity index (χ0n) is 14.6. The van der Waals surface area contributed by atoms with Crippen molar-refractivity contribution in [3.63, 3.8) is 0 Å². The molecule has 2 atom stereocenters. The van der Waals surface area contributed by atoms with Crippen molar-refractivity contribution in [1.29, 1.82) is 0 Å². The van der Waals surface area contributed by atoms with E-state index < -0.39 is 6.04 Å². The van der Waals surface area contributed by atoms with Crippen LogP contribution in [0.2, 0.25) is 0 Å². The molecule has 2 unspecified atom stereocenters. The number of carbonyl (C=O) groups is 1. The number of rotatable bonds is 6. The van der Waals surface area contributed by atoms with Gasteiger partial charge >= 0.3 is 5.97 Å². The Labute approximate surface area is 125 Å². The smallest absolute Gasteiger partial charge is 0.323 e. The Bertz CT molecular complexity index is 289. The number of nitrogens with zero attached hydrogens (tertiary/aromatic N) is 1. The van der Waals surface area contributed by atoms with E-state index in [4.69, 9.17) is 10.5 Å². The molecule has 0 saturated carbocycles. The second-order valence-corrected chi connectivity index (χ2v) is 7.57. The highest BCUT2D eigenvalue weighted by molar-refractivity contribution is 5.75. The van der Waals surface area contributed by atoms with Crippen LogP contribution in [-0.2, 0) is 9.53 Å². The Kier molecular flexibility index (Phi) is 7.19. The molecule has 0 spiro atoms. The molecule has 0 fully saturated rings. The highest BCUT2D eigenvalue weighted by Gasteiger charge is 2.31. The highest BCUT2D eigenvalue weighted by atomic mass is 16.5. The van der Waals surface area contributed by atoms with E-state index in [9.17, 15) is 4.79 Å². The summed E-state index contributed by atoms with van der Waals surface area (Å²) in [4.78, 5) is 14.2. The summed E-state index contributed by atoms with van der Waals surface area (Å²) in [6.45, 7) is 18.1. The number of hydrogen-bond acceptors (Lipinski definition) is 4. The molecule has 120 valence electrons. The van der Waals surface area contributed by atoms with Crippen molar-refractivity contribution in [1.82, 2.24) is 4.90 Å². The Morgan fingerprint density at radius 1 is 1.15 bits per heavy atom. The van der Waals surface area contributed by atoms with Gasteiger partial charge in [0.25, 0.3) is 0 Å². The van der Waals surface area contributed by atoms with Gasteiger partial charge in [-0.25, -0.2) is 0 Å². The van der Waals surface area contributed by atoms with Crippen LogP contribution in [0.4, 0.5) is 0 Å². The van der Waals surface area contributed by atoms with Gasteiger partial charge < -0.3 is 10.5 Å². The van der Waals surface area contributed by atoms with Gasteiger partial charge in [-0.2, -0.15) is 0 Å². The molecule has 2 N–H and O–H groups in total. The Hall–Kier alpha value is -0.610. The Morgan fingerprint density at radius 2 is 1.60 bits per heavy atom. The minimum absolute atomic E-state index is 0.0312. The van der Waals surface area contributed by atoms with E-state index in [0.717, 1.165) is 6.42 Å². The summed E-state index contributed by atoms with van der Waals surface area (Å²) in [5.74, 6) is -0.133. The molecule has 4 heteroatoms. The molecule has 4 nitrogen and oxygen atoms in total. The lowest BCUT2D eigenvalue weighted by molar-refractivity contribution is -0.148. The van der Waals surface area contributed by atoms with Crippen LogP contribution in [-0.4, -0.2) is 41.1 Å². The van der Waals surface area contributed by atoms with Crippen LogP contribution in [0.15, 0.2) is 0 Å². The van der Waals surface area contributed by atoms with Gasteiger partial charge in [0.05, 0.1) is 0 Å². The van der Waals surface area contributed by atoms with Crippen molar-refractivity contribution in [2.75, 3.05) is 13.2 Å². The first-order valence-corrected chi connectivity index (χ1v) is 7.61. The quantitative estimate of drug-likeness (QED) is 0.763. The molecule has 0 aromatic carbocycles. The van der Waals surface area contributed by atoms with Crippen molar-refractivity contribution < 1.29 is 9.53 Å². The van der Waals surface area contributed by atoms with Crippen molar-refractivity contribution in [2.45, 2.75) is 78.9 Å². The summed E-state index contributed by atoms with van der Waals surface area (Å²) in [6.07, 6.45) is 0.881. The lowest BCUT2D eigenvalue weighted by atomic mass is 9.96. The zero-order chi connectivity index (χ0) is 16.1. The highest BCUT2D eigenvalue weighted by Crippen LogP contribution is 2.24. The zero-order valence-corrected chi connectivity index (χ0v) is 14.6. The summed E-state index contributed by atoms with van der Waals surface area (Å²) in [6, 6.07) is -0.516. The maximum absolute atomic E-state index is 11.9. The topological polar surface area (TPSA) is 55.6 Å². The third-order valence-electron chi connectivity index (χ3n) is 3.71. The average molecular weight is 286 g/mol. The molecule has 0 radical (unpaired) electrons. The lowest BCUT2D eigenvalue weighted by Gasteiger charge is -2.45. The maximum atomic E-state index is 11.9. The van der Waals surface area contributed by atoms with Crippen molar-refractivity contribution in [2.24, 2.45) is 11.7 Å². The van der Waals surface area contributed by atoms with Crippen LogP contribution in [0.3, 0.4) is 0 Å². The molecular formula is C16H34N2O2. The lowest BCUT2D eigenvalue weighted by Crippen LogP contribution is -2.54. The first-order chi connectivity index (χ1) is 8.91. The molecule has 0 aliphatic carbocycles. The van der Waals surface area contributed by atoms with Crippen LogP contribution >= 0.6 is 0 Å². The number of hydrogen-bond donors (Lipinski definition) is 1. The molecular weight excluding hydrogens is 252 g/mol. The first kappa shape index (κ1) is 19.4. The second kappa shape index (κ2) is 7.41. The van der Waals surface area contributed by atoms with E-state index >= 15 is 0 Å². The van der Waals surface area contributed by atoms with Gasteiger partial charge in [0.15, 0.2) is 0 Å². The van der Waals surface area contributed by atoms with E-state index in [2.05, 4.69) is 46.4 Å². The van der Waals surface area contributed by atoms with Crippen molar-refractivity contribution in [3.8, 4) is 0 Å². The number of ether oxygens (including phenoxy) is 1. The summed E-state index contributed by atoms with van der Waals surface area (Å²) in [5.41, 5.74) is 5.93. The molecule has 20 heavy (non-hydrogen) atoms. The third kappa shape index (κ3) is 6.23. The van der Waals surface area contributed by atoms with Crippen LogP contribution in [0.1, 0.15) is 61.8 Å². The SMILES string of the molecule is CCC(C)C(N)C(=O)OCCN(C(C)(C)C)C(C)(C)C. The molecule has 0 aliphatic heterocycles. The fraction of sp³-hybridized carbons (Fsp3) is 0.938. The predicted molar refractivity (Wildman–Crippen MR) is 84.6 cm³/mol.